The molecule has 0 spiro atoms. The minimum absolute atomic E-state index is 0.0000723. The Hall–Kier alpha value is -1.84. The zero-order valence-electron chi connectivity index (χ0n) is 12.3. The van der Waals surface area contributed by atoms with Crippen molar-refractivity contribution in [1.29, 1.82) is 0 Å². The van der Waals surface area contributed by atoms with Crippen LogP contribution in [0.15, 0.2) is 24.3 Å². The summed E-state index contributed by atoms with van der Waals surface area (Å²) >= 11 is 0. The third kappa shape index (κ3) is 2.80. The predicted molar refractivity (Wildman–Crippen MR) is 80.6 cm³/mol. The molecule has 21 heavy (non-hydrogen) atoms. The van der Waals surface area contributed by atoms with Crippen LogP contribution in [0.3, 0.4) is 0 Å². The van der Waals surface area contributed by atoms with Gasteiger partial charge < -0.3 is 10.6 Å². The lowest BCUT2D eigenvalue weighted by Crippen LogP contribution is -2.44. The third-order valence-electron chi connectivity index (χ3n) is 4.88. The van der Waals surface area contributed by atoms with Crippen LogP contribution in [0.2, 0.25) is 0 Å². The highest BCUT2D eigenvalue weighted by Crippen LogP contribution is 2.33. The van der Waals surface area contributed by atoms with E-state index in [2.05, 4.69) is 12.1 Å². The van der Waals surface area contributed by atoms with E-state index in [-0.39, 0.29) is 23.7 Å². The highest BCUT2D eigenvalue weighted by Gasteiger charge is 2.32. The van der Waals surface area contributed by atoms with Crippen LogP contribution in [0.25, 0.3) is 0 Å². The van der Waals surface area contributed by atoms with E-state index >= 15 is 0 Å². The first-order valence-electron chi connectivity index (χ1n) is 7.82. The van der Waals surface area contributed by atoms with Gasteiger partial charge in [0, 0.05) is 19.0 Å². The van der Waals surface area contributed by atoms with Gasteiger partial charge in [-0.3, -0.25) is 9.59 Å². The summed E-state index contributed by atoms with van der Waals surface area (Å²) in [4.78, 5) is 25.9. The molecule has 0 bridgehead atoms. The van der Waals surface area contributed by atoms with Crippen LogP contribution in [-0.4, -0.2) is 29.8 Å². The first-order valence-corrected chi connectivity index (χ1v) is 7.82. The Balaban J connectivity index is 1.71. The smallest absolute Gasteiger partial charge is 0.230 e. The fourth-order valence-electron chi connectivity index (χ4n) is 3.62. The van der Waals surface area contributed by atoms with Gasteiger partial charge in [0.2, 0.25) is 11.8 Å². The van der Waals surface area contributed by atoms with Crippen LogP contribution in [0, 0.1) is 5.92 Å². The molecular weight excluding hydrogens is 264 g/mol. The van der Waals surface area contributed by atoms with Gasteiger partial charge in [0.15, 0.2) is 0 Å². The average Bonchev–Trinajstić information content (AvgIpc) is 2.53. The fraction of sp³-hybridized carbons (Fsp3) is 0.529. The fourth-order valence-corrected chi connectivity index (χ4v) is 3.62. The van der Waals surface area contributed by atoms with Crippen molar-refractivity contribution in [3.05, 3.63) is 35.4 Å². The molecule has 0 aromatic heterocycles. The van der Waals surface area contributed by atoms with Crippen molar-refractivity contribution in [2.45, 2.75) is 38.0 Å². The van der Waals surface area contributed by atoms with E-state index in [0.29, 0.717) is 25.9 Å². The highest BCUT2D eigenvalue weighted by molar-refractivity contribution is 5.85. The summed E-state index contributed by atoms with van der Waals surface area (Å²) in [5.41, 5.74) is 7.87. The van der Waals surface area contributed by atoms with Gasteiger partial charge in [0.25, 0.3) is 0 Å². The second kappa shape index (κ2) is 5.88. The van der Waals surface area contributed by atoms with Crippen molar-refractivity contribution < 1.29 is 9.59 Å². The van der Waals surface area contributed by atoms with E-state index in [1.807, 2.05) is 17.0 Å². The van der Waals surface area contributed by atoms with Gasteiger partial charge in [-0.15, -0.1) is 0 Å². The number of carbonyl (C=O) groups excluding carboxylic acids is 2. The second-order valence-corrected chi connectivity index (χ2v) is 6.15. The third-order valence-corrected chi connectivity index (χ3v) is 4.88. The summed E-state index contributed by atoms with van der Waals surface area (Å²) in [6.07, 6.45) is 4.49. The summed E-state index contributed by atoms with van der Waals surface area (Å²) < 4.78 is 0. The molecule has 1 atom stereocenters. The van der Waals surface area contributed by atoms with Crippen LogP contribution < -0.4 is 5.73 Å². The maximum Gasteiger partial charge on any atom is 0.230 e. The molecule has 1 saturated heterocycles. The number of primary amides is 1. The molecular formula is C17H22N2O2. The summed E-state index contributed by atoms with van der Waals surface area (Å²) in [6.45, 7) is 1.32. The molecule has 3 rings (SSSR count). The molecule has 1 heterocycles. The number of likely N-dealkylation sites (tertiary alicyclic amines) is 1. The molecule has 1 fully saturated rings. The molecule has 1 aliphatic heterocycles. The zero-order chi connectivity index (χ0) is 14.8. The number of carbonyl (C=O) groups is 2. The van der Waals surface area contributed by atoms with E-state index in [1.54, 1.807) is 0 Å². The van der Waals surface area contributed by atoms with E-state index < -0.39 is 0 Å². The lowest BCUT2D eigenvalue weighted by molar-refractivity contribution is -0.136. The number of aryl methyl sites for hydroxylation is 1. The number of piperidine rings is 1. The van der Waals surface area contributed by atoms with Gasteiger partial charge >= 0.3 is 0 Å². The standard InChI is InChI=1S/C17H22N2O2/c18-16(20)13-8-10-19(11-9-13)17(21)15-7-3-5-12-4-1-2-6-14(12)15/h1-2,4,6,13,15H,3,5,7-11H2,(H2,18,20)/t15-/m1/s1. The minimum Gasteiger partial charge on any atom is -0.369 e. The number of nitrogens with zero attached hydrogens (tertiary/aromatic N) is 1. The lowest BCUT2D eigenvalue weighted by Gasteiger charge is -2.35. The molecule has 1 aromatic rings. The second-order valence-electron chi connectivity index (χ2n) is 6.15. The zero-order valence-corrected chi connectivity index (χ0v) is 12.3. The Morgan fingerprint density at radius 1 is 1.10 bits per heavy atom. The number of hydrogen-bond acceptors (Lipinski definition) is 2. The van der Waals surface area contributed by atoms with Crippen molar-refractivity contribution in [2.75, 3.05) is 13.1 Å². The summed E-state index contributed by atoms with van der Waals surface area (Å²) in [5.74, 6) is -0.0667. The van der Waals surface area contributed by atoms with Gasteiger partial charge in [-0.1, -0.05) is 24.3 Å². The molecule has 112 valence electrons. The Labute approximate surface area is 125 Å². The number of hydrogen-bond donors (Lipinski definition) is 1. The molecule has 0 saturated carbocycles. The van der Waals surface area contributed by atoms with Crippen LogP contribution in [0.4, 0.5) is 0 Å². The molecule has 0 radical (unpaired) electrons. The van der Waals surface area contributed by atoms with E-state index in [4.69, 9.17) is 5.73 Å². The molecule has 2 amide bonds. The first kappa shape index (κ1) is 14.1. The van der Waals surface area contributed by atoms with Crippen molar-refractivity contribution >= 4 is 11.8 Å². The maximum absolute atomic E-state index is 12.8. The molecule has 2 aliphatic rings. The molecule has 1 aliphatic carbocycles. The number of rotatable bonds is 2. The van der Waals surface area contributed by atoms with Crippen molar-refractivity contribution in [2.24, 2.45) is 11.7 Å². The number of nitrogens with two attached hydrogens (primary N) is 1. The summed E-state index contributed by atoms with van der Waals surface area (Å²) in [5, 5.41) is 0. The molecule has 2 N–H and O–H groups in total. The highest BCUT2D eigenvalue weighted by atomic mass is 16.2. The quantitative estimate of drug-likeness (QED) is 0.901. The maximum atomic E-state index is 12.8. The SMILES string of the molecule is NC(=O)C1CCN(C(=O)[C@@H]2CCCc3ccccc32)CC1. The van der Waals surface area contributed by atoms with Crippen LogP contribution in [-0.2, 0) is 16.0 Å². The van der Waals surface area contributed by atoms with Gasteiger partial charge in [0.1, 0.15) is 0 Å². The Kier molecular flexibility index (Phi) is 3.95. The summed E-state index contributed by atoms with van der Waals surface area (Å²) in [7, 11) is 0. The Bertz CT molecular complexity index is 547. The molecule has 1 aromatic carbocycles. The van der Waals surface area contributed by atoms with Crippen molar-refractivity contribution in [1.82, 2.24) is 4.90 Å². The minimum atomic E-state index is -0.231. The van der Waals surface area contributed by atoms with E-state index in [1.165, 1.54) is 11.1 Å². The van der Waals surface area contributed by atoms with Gasteiger partial charge in [0.05, 0.1) is 5.92 Å². The van der Waals surface area contributed by atoms with E-state index in [9.17, 15) is 9.59 Å². The van der Waals surface area contributed by atoms with Crippen molar-refractivity contribution in [3.8, 4) is 0 Å². The Morgan fingerprint density at radius 3 is 2.52 bits per heavy atom. The number of amides is 2. The van der Waals surface area contributed by atoms with Gasteiger partial charge in [-0.2, -0.15) is 0 Å². The average molecular weight is 286 g/mol. The van der Waals surface area contributed by atoms with Crippen LogP contribution in [0.5, 0.6) is 0 Å². The van der Waals surface area contributed by atoms with Crippen LogP contribution in [0.1, 0.15) is 42.7 Å². The molecule has 4 heteroatoms. The molecule has 4 nitrogen and oxygen atoms in total. The number of fused-ring (bicyclic) bond motifs is 1. The van der Waals surface area contributed by atoms with Crippen molar-refractivity contribution in [3.63, 3.8) is 0 Å². The first-order chi connectivity index (χ1) is 10.2. The topological polar surface area (TPSA) is 63.4 Å². The Morgan fingerprint density at radius 2 is 1.81 bits per heavy atom. The number of benzene rings is 1. The lowest BCUT2D eigenvalue weighted by atomic mass is 9.81. The monoisotopic (exact) mass is 286 g/mol. The van der Waals surface area contributed by atoms with E-state index in [0.717, 1.165) is 19.3 Å². The van der Waals surface area contributed by atoms with Crippen LogP contribution >= 0.6 is 0 Å². The largest absolute Gasteiger partial charge is 0.369 e. The molecule has 0 unspecified atom stereocenters. The normalized spacial score (nSPS) is 22.7. The van der Waals surface area contributed by atoms with Gasteiger partial charge in [-0.25, -0.2) is 0 Å². The van der Waals surface area contributed by atoms with Gasteiger partial charge in [-0.05, 0) is 43.2 Å². The predicted octanol–water partition coefficient (Wildman–Crippen LogP) is 1.83. The summed E-state index contributed by atoms with van der Waals surface area (Å²) in [6, 6.07) is 8.29.